The van der Waals surface area contributed by atoms with E-state index in [4.69, 9.17) is 31.8 Å². The first-order chi connectivity index (χ1) is 12.6. The van der Waals surface area contributed by atoms with Gasteiger partial charge >= 0.3 is 0 Å². The first-order valence-electron chi connectivity index (χ1n) is 8.71. The summed E-state index contributed by atoms with van der Waals surface area (Å²) in [7, 11) is 0. The van der Waals surface area contributed by atoms with Gasteiger partial charge in [0.1, 0.15) is 23.2 Å². The van der Waals surface area contributed by atoms with Gasteiger partial charge in [-0.15, -0.1) is 12.4 Å². The number of halogens is 1. The van der Waals surface area contributed by atoms with Crippen LogP contribution >= 0.6 is 12.4 Å². The van der Waals surface area contributed by atoms with Crippen molar-refractivity contribution in [2.75, 3.05) is 13.2 Å². The summed E-state index contributed by atoms with van der Waals surface area (Å²) in [4.78, 5) is 0. The number of hydrogen-bond donors (Lipinski definition) is 4. The number of ether oxygens (including phenoxy) is 2. The number of unbranched alkanes of at least 4 members (excludes halogenated alkanes) is 3. The quantitative estimate of drug-likeness (QED) is 0.266. The van der Waals surface area contributed by atoms with E-state index in [9.17, 15) is 0 Å². The third-order valence-electron chi connectivity index (χ3n) is 3.91. The maximum absolute atomic E-state index is 7.35. The molecule has 0 saturated carbocycles. The number of hydrogen-bond acceptors (Lipinski definition) is 4. The molecule has 0 aliphatic heterocycles. The number of nitrogen functional groups attached to an aromatic ring is 2. The monoisotopic (exact) mass is 390 g/mol. The second-order valence-electron chi connectivity index (χ2n) is 5.99. The fraction of sp³-hybridized carbons (Fsp3) is 0.300. The summed E-state index contributed by atoms with van der Waals surface area (Å²) >= 11 is 0. The lowest BCUT2D eigenvalue weighted by Crippen LogP contribution is -2.10. The summed E-state index contributed by atoms with van der Waals surface area (Å²) < 4.78 is 11.4. The maximum Gasteiger partial charge on any atom is 0.122 e. The average Bonchev–Trinajstić information content (AvgIpc) is 2.64. The Morgan fingerprint density at radius 3 is 1.26 bits per heavy atom. The van der Waals surface area contributed by atoms with Gasteiger partial charge in [-0.25, -0.2) is 0 Å². The van der Waals surface area contributed by atoms with E-state index in [1.807, 2.05) is 24.3 Å². The van der Waals surface area contributed by atoms with Crippen molar-refractivity contribution in [3.05, 3.63) is 59.7 Å². The molecule has 0 bridgehead atoms. The molecular weight excluding hydrogens is 364 g/mol. The van der Waals surface area contributed by atoms with Crippen molar-refractivity contribution in [2.45, 2.75) is 25.7 Å². The van der Waals surface area contributed by atoms with Crippen LogP contribution < -0.4 is 20.9 Å². The lowest BCUT2D eigenvalue weighted by molar-refractivity contribution is 0.287. The zero-order valence-electron chi connectivity index (χ0n) is 15.2. The molecule has 0 spiro atoms. The van der Waals surface area contributed by atoms with Gasteiger partial charge in [-0.05, 0) is 74.2 Å². The number of amidine groups is 2. The molecule has 7 heteroatoms. The molecule has 27 heavy (non-hydrogen) atoms. The standard InChI is InChI=1S/C20H26N4O2.ClH/c21-19(22)15-5-9-17(10-6-15)25-13-3-1-2-4-14-26-18-11-7-16(8-12-18)20(23)24;/h5-12H,1-4,13-14H2,(H3,21,22)(H3,23,24);1H. The van der Waals surface area contributed by atoms with Crippen LogP contribution in [0.3, 0.4) is 0 Å². The Labute approximate surface area is 166 Å². The molecule has 6 N–H and O–H groups in total. The Bertz CT molecular complexity index is 654. The second-order valence-corrected chi connectivity index (χ2v) is 5.99. The average molecular weight is 391 g/mol. The highest BCUT2D eigenvalue weighted by molar-refractivity contribution is 5.95. The summed E-state index contributed by atoms with van der Waals surface area (Å²) in [5, 5.41) is 14.7. The van der Waals surface area contributed by atoms with Crippen molar-refractivity contribution < 1.29 is 9.47 Å². The van der Waals surface area contributed by atoms with E-state index in [0.717, 1.165) is 37.2 Å². The number of nitrogens with one attached hydrogen (secondary N) is 2. The van der Waals surface area contributed by atoms with Crippen molar-refractivity contribution in [3.63, 3.8) is 0 Å². The molecule has 0 unspecified atom stereocenters. The van der Waals surface area contributed by atoms with Gasteiger partial charge in [0, 0.05) is 11.1 Å². The summed E-state index contributed by atoms with van der Waals surface area (Å²) in [6.45, 7) is 1.35. The first kappa shape index (κ1) is 22.3. The van der Waals surface area contributed by atoms with Gasteiger partial charge in [0.25, 0.3) is 0 Å². The van der Waals surface area contributed by atoms with Crippen molar-refractivity contribution >= 4 is 24.1 Å². The Hall–Kier alpha value is -2.73. The zero-order chi connectivity index (χ0) is 18.8. The van der Waals surface area contributed by atoms with Gasteiger partial charge in [-0.2, -0.15) is 0 Å². The lowest BCUT2D eigenvalue weighted by atomic mass is 10.2. The van der Waals surface area contributed by atoms with Crippen LogP contribution in [0.5, 0.6) is 11.5 Å². The van der Waals surface area contributed by atoms with E-state index >= 15 is 0 Å². The minimum absolute atomic E-state index is 0. The largest absolute Gasteiger partial charge is 0.494 e. The highest BCUT2D eigenvalue weighted by atomic mass is 35.5. The van der Waals surface area contributed by atoms with E-state index in [1.165, 1.54) is 0 Å². The lowest BCUT2D eigenvalue weighted by Gasteiger charge is -2.08. The number of benzene rings is 2. The normalized spacial score (nSPS) is 9.93. The van der Waals surface area contributed by atoms with E-state index in [-0.39, 0.29) is 24.1 Å². The molecule has 0 radical (unpaired) electrons. The molecule has 2 aromatic carbocycles. The summed E-state index contributed by atoms with van der Waals surface area (Å²) in [6.07, 6.45) is 4.14. The molecule has 0 aliphatic rings. The van der Waals surface area contributed by atoms with Gasteiger partial charge in [0.15, 0.2) is 0 Å². The van der Waals surface area contributed by atoms with Crippen LogP contribution in [0.4, 0.5) is 0 Å². The molecule has 6 nitrogen and oxygen atoms in total. The van der Waals surface area contributed by atoms with E-state index in [1.54, 1.807) is 24.3 Å². The smallest absolute Gasteiger partial charge is 0.122 e. The van der Waals surface area contributed by atoms with Crippen LogP contribution in [0.2, 0.25) is 0 Å². The molecule has 0 aromatic heterocycles. The molecule has 146 valence electrons. The van der Waals surface area contributed by atoms with Crippen LogP contribution in [0, 0.1) is 10.8 Å². The number of rotatable bonds is 11. The third-order valence-corrected chi connectivity index (χ3v) is 3.91. The third kappa shape index (κ3) is 8.00. The molecule has 0 fully saturated rings. The highest BCUT2D eigenvalue weighted by Crippen LogP contribution is 2.14. The predicted octanol–water partition coefficient (Wildman–Crippen LogP) is 3.69. The fourth-order valence-corrected chi connectivity index (χ4v) is 2.40. The van der Waals surface area contributed by atoms with Crippen molar-refractivity contribution in [2.24, 2.45) is 11.5 Å². The Balaban J connectivity index is 0.00000364. The molecule has 0 aliphatic carbocycles. The SMILES string of the molecule is Cl.N=C(N)c1ccc(OCCCCCCOc2ccc(C(=N)N)cc2)cc1. The summed E-state index contributed by atoms with van der Waals surface area (Å²) in [5.74, 6) is 1.72. The molecule has 0 heterocycles. The minimum atomic E-state index is 0. The second kappa shape index (κ2) is 11.8. The van der Waals surface area contributed by atoms with Crippen LogP contribution in [0.1, 0.15) is 36.8 Å². The molecule has 0 atom stereocenters. The van der Waals surface area contributed by atoms with Gasteiger partial charge in [-0.1, -0.05) is 0 Å². The molecule has 2 aromatic rings. The summed E-state index contributed by atoms with van der Waals surface area (Å²) in [6, 6.07) is 14.5. The van der Waals surface area contributed by atoms with Crippen LogP contribution in [-0.4, -0.2) is 24.9 Å². The van der Waals surface area contributed by atoms with Crippen LogP contribution in [0.15, 0.2) is 48.5 Å². The van der Waals surface area contributed by atoms with E-state index in [0.29, 0.717) is 24.3 Å². The first-order valence-corrected chi connectivity index (χ1v) is 8.71. The van der Waals surface area contributed by atoms with Crippen molar-refractivity contribution in [1.29, 1.82) is 10.8 Å². The molecule has 2 rings (SSSR count). The fourth-order valence-electron chi connectivity index (χ4n) is 2.40. The molecule has 0 saturated heterocycles. The molecule has 0 amide bonds. The van der Waals surface area contributed by atoms with Crippen LogP contribution in [0.25, 0.3) is 0 Å². The predicted molar refractivity (Wildman–Crippen MR) is 112 cm³/mol. The van der Waals surface area contributed by atoms with Crippen molar-refractivity contribution in [1.82, 2.24) is 0 Å². The van der Waals surface area contributed by atoms with Gasteiger partial charge < -0.3 is 20.9 Å². The highest BCUT2D eigenvalue weighted by Gasteiger charge is 1.99. The van der Waals surface area contributed by atoms with E-state index in [2.05, 4.69) is 0 Å². The zero-order valence-corrected chi connectivity index (χ0v) is 16.1. The van der Waals surface area contributed by atoms with Gasteiger partial charge in [0.2, 0.25) is 0 Å². The van der Waals surface area contributed by atoms with Gasteiger partial charge in [0.05, 0.1) is 13.2 Å². The Morgan fingerprint density at radius 1 is 0.630 bits per heavy atom. The van der Waals surface area contributed by atoms with Crippen molar-refractivity contribution in [3.8, 4) is 11.5 Å². The Morgan fingerprint density at radius 2 is 0.963 bits per heavy atom. The van der Waals surface area contributed by atoms with Gasteiger partial charge in [-0.3, -0.25) is 10.8 Å². The van der Waals surface area contributed by atoms with E-state index < -0.39 is 0 Å². The molecular formula is C20H27ClN4O2. The summed E-state index contributed by atoms with van der Waals surface area (Å²) in [5.41, 5.74) is 12.2. The van der Waals surface area contributed by atoms with Crippen LogP contribution in [-0.2, 0) is 0 Å². The topological polar surface area (TPSA) is 118 Å². The Kier molecular flexibility index (Phi) is 9.75. The maximum atomic E-state index is 7.35. The minimum Gasteiger partial charge on any atom is -0.494 e. The number of nitrogens with two attached hydrogens (primary N) is 2.